The number of hydrogen-bond acceptors (Lipinski definition) is 5. The highest BCUT2D eigenvalue weighted by atomic mass is 35.5. The molecule has 2 saturated heterocycles. The molecule has 3 fully saturated rings. The first-order chi connectivity index (χ1) is 17.3. The van der Waals surface area contributed by atoms with E-state index >= 15 is 0 Å². The van der Waals surface area contributed by atoms with Crippen molar-refractivity contribution in [3.8, 4) is 6.07 Å². The third kappa shape index (κ3) is 6.01. The highest BCUT2D eigenvalue weighted by Crippen LogP contribution is 2.38. The number of anilines is 1. The van der Waals surface area contributed by atoms with E-state index in [4.69, 9.17) is 23.2 Å². The molecule has 36 heavy (non-hydrogen) atoms. The minimum absolute atomic E-state index is 0.0673. The van der Waals surface area contributed by atoms with Crippen molar-refractivity contribution in [3.05, 3.63) is 63.6 Å². The molecule has 2 aliphatic heterocycles. The maximum Gasteiger partial charge on any atom is 0.0992 e. The van der Waals surface area contributed by atoms with E-state index in [0.717, 1.165) is 62.7 Å². The van der Waals surface area contributed by atoms with Gasteiger partial charge in [-0.1, -0.05) is 35.3 Å². The third-order valence-electron chi connectivity index (χ3n) is 8.33. The molecular formula is C29H36Cl2N4O. The average molecular weight is 528 g/mol. The van der Waals surface area contributed by atoms with E-state index in [9.17, 15) is 10.4 Å². The van der Waals surface area contributed by atoms with Gasteiger partial charge in [0, 0.05) is 37.7 Å². The molecule has 0 spiro atoms. The predicted octanol–water partition coefficient (Wildman–Crippen LogP) is 5.60. The molecule has 2 atom stereocenters. The maximum atomic E-state index is 11.6. The van der Waals surface area contributed by atoms with Crippen LogP contribution in [0, 0.1) is 23.2 Å². The highest BCUT2D eigenvalue weighted by molar-refractivity contribution is 6.33. The summed E-state index contributed by atoms with van der Waals surface area (Å²) >= 11 is 12.8. The van der Waals surface area contributed by atoms with E-state index in [2.05, 4.69) is 32.9 Å². The van der Waals surface area contributed by atoms with Gasteiger partial charge in [-0.15, -0.1) is 0 Å². The van der Waals surface area contributed by atoms with Crippen molar-refractivity contribution >= 4 is 28.9 Å². The largest absolute Gasteiger partial charge is 0.389 e. The van der Waals surface area contributed by atoms with E-state index in [1.807, 2.05) is 31.2 Å². The van der Waals surface area contributed by atoms with Crippen molar-refractivity contribution in [1.82, 2.24) is 9.80 Å². The van der Waals surface area contributed by atoms with Crippen molar-refractivity contribution in [2.45, 2.75) is 44.2 Å². The van der Waals surface area contributed by atoms with Gasteiger partial charge in [0.25, 0.3) is 0 Å². The van der Waals surface area contributed by atoms with Gasteiger partial charge in [-0.3, -0.25) is 4.90 Å². The van der Waals surface area contributed by atoms with Gasteiger partial charge in [-0.25, -0.2) is 0 Å². The predicted molar refractivity (Wildman–Crippen MR) is 147 cm³/mol. The van der Waals surface area contributed by atoms with Crippen molar-refractivity contribution in [3.63, 3.8) is 0 Å². The first-order valence-corrected chi connectivity index (χ1v) is 14.0. The molecule has 7 heteroatoms. The zero-order valence-electron chi connectivity index (χ0n) is 21.0. The van der Waals surface area contributed by atoms with Gasteiger partial charge >= 0.3 is 0 Å². The lowest BCUT2D eigenvalue weighted by Gasteiger charge is -2.47. The Labute approximate surface area is 225 Å². The normalized spacial score (nSPS) is 23.9. The molecule has 0 bridgehead atoms. The lowest BCUT2D eigenvalue weighted by molar-refractivity contribution is -0.0543. The number of rotatable bonds is 7. The Morgan fingerprint density at radius 2 is 1.69 bits per heavy atom. The van der Waals surface area contributed by atoms with Crippen LogP contribution in [-0.2, 0) is 0 Å². The van der Waals surface area contributed by atoms with Gasteiger partial charge in [-0.2, -0.15) is 5.26 Å². The second-order valence-electron chi connectivity index (χ2n) is 11.1. The number of likely N-dealkylation sites (tertiary alicyclic amines) is 1. The number of β-amino-alcohol motifs (C(OH)–C–C–N with tert-alkyl or cyclic N) is 1. The Hall–Kier alpha value is -1.81. The Bertz CT molecular complexity index is 1090. The summed E-state index contributed by atoms with van der Waals surface area (Å²) in [4.78, 5) is 7.33. The number of nitrogens with zero attached hydrogens (tertiary/aromatic N) is 4. The fourth-order valence-electron chi connectivity index (χ4n) is 6.04. The molecule has 5 rings (SSSR count). The number of piperazine rings is 1. The van der Waals surface area contributed by atoms with E-state index < -0.39 is 5.60 Å². The minimum atomic E-state index is -0.718. The number of aliphatic hydroxyl groups is 1. The zero-order chi connectivity index (χ0) is 25.3. The molecule has 192 valence electrons. The molecule has 1 unspecified atom stereocenters. The van der Waals surface area contributed by atoms with Gasteiger partial charge in [0.1, 0.15) is 0 Å². The summed E-state index contributed by atoms with van der Waals surface area (Å²) in [5.74, 6) is 1.25. The summed E-state index contributed by atoms with van der Waals surface area (Å²) in [7, 11) is 0. The van der Waals surface area contributed by atoms with Crippen molar-refractivity contribution in [1.29, 1.82) is 5.26 Å². The highest BCUT2D eigenvalue weighted by Gasteiger charge is 2.39. The van der Waals surface area contributed by atoms with Crippen LogP contribution in [0.25, 0.3) is 0 Å². The number of hydrogen-bond donors (Lipinski definition) is 1. The van der Waals surface area contributed by atoms with Crippen LogP contribution in [0.3, 0.4) is 0 Å². The SMILES string of the molecule is C[C@@](O)(CN1CCN(c2ccc(C#N)cc2Cl)C(c2ccc(Cl)cc2)C1)C1CCN(CC2CC2)CC1. The van der Waals surface area contributed by atoms with Crippen LogP contribution < -0.4 is 4.90 Å². The summed E-state index contributed by atoms with van der Waals surface area (Å²) in [6, 6.07) is 15.8. The molecule has 2 heterocycles. The van der Waals surface area contributed by atoms with E-state index in [0.29, 0.717) is 28.1 Å². The van der Waals surface area contributed by atoms with Crippen LogP contribution in [0.15, 0.2) is 42.5 Å². The molecule has 0 radical (unpaired) electrons. The molecule has 0 aromatic heterocycles. The van der Waals surface area contributed by atoms with Gasteiger partial charge in [0.2, 0.25) is 0 Å². The van der Waals surface area contributed by atoms with Crippen molar-refractivity contribution < 1.29 is 5.11 Å². The second-order valence-corrected chi connectivity index (χ2v) is 12.0. The fraction of sp³-hybridized carbons (Fsp3) is 0.552. The second kappa shape index (κ2) is 10.9. The number of benzene rings is 2. The Kier molecular flexibility index (Phi) is 7.81. The Morgan fingerprint density at radius 3 is 2.33 bits per heavy atom. The van der Waals surface area contributed by atoms with Gasteiger partial charge in [0.05, 0.1) is 34.0 Å². The molecule has 5 nitrogen and oxygen atoms in total. The molecule has 2 aromatic carbocycles. The maximum absolute atomic E-state index is 11.6. The summed E-state index contributed by atoms with van der Waals surface area (Å²) in [5.41, 5.74) is 1.94. The number of halogens is 2. The first-order valence-electron chi connectivity index (χ1n) is 13.2. The fourth-order valence-corrected chi connectivity index (χ4v) is 6.45. The van der Waals surface area contributed by atoms with E-state index in [1.165, 1.54) is 19.4 Å². The quantitative estimate of drug-likeness (QED) is 0.508. The average Bonchev–Trinajstić information content (AvgIpc) is 3.69. The van der Waals surface area contributed by atoms with Crippen LogP contribution in [-0.4, -0.2) is 66.3 Å². The lowest BCUT2D eigenvalue weighted by Crippen LogP contribution is -2.55. The van der Waals surface area contributed by atoms with Crippen LogP contribution in [0.5, 0.6) is 0 Å². The molecule has 0 amide bonds. The third-order valence-corrected chi connectivity index (χ3v) is 8.88. The first kappa shape index (κ1) is 25.8. The lowest BCUT2D eigenvalue weighted by atomic mass is 9.81. The molecule has 3 aliphatic rings. The van der Waals surface area contributed by atoms with Gasteiger partial charge < -0.3 is 14.9 Å². The smallest absolute Gasteiger partial charge is 0.0992 e. The Morgan fingerprint density at radius 1 is 0.972 bits per heavy atom. The van der Waals surface area contributed by atoms with Crippen molar-refractivity contribution in [2.75, 3.05) is 50.7 Å². The molecule has 1 saturated carbocycles. The standard InChI is InChI=1S/C29H36Cl2N4O/c1-29(36,24-10-12-33(13-11-24)18-21-2-3-21)20-34-14-15-35(27-9-4-22(17-32)16-26(27)31)28(19-34)23-5-7-25(30)8-6-23/h4-9,16,21,24,28,36H,2-3,10-15,18-20H2,1H3/t28?,29-/m1/s1. The van der Waals surface area contributed by atoms with Crippen molar-refractivity contribution in [2.24, 2.45) is 11.8 Å². The topological polar surface area (TPSA) is 53.7 Å². The number of piperidine rings is 1. The summed E-state index contributed by atoms with van der Waals surface area (Å²) in [6.45, 7) is 8.58. The monoisotopic (exact) mass is 526 g/mol. The summed E-state index contributed by atoms with van der Waals surface area (Å²) < 4.78 is 0. The van der Waals surface area contributed by atoms with Gasteiger partial charge in [0.15, 0.2) is 0 Å². The zero-order valence-corrected chi connectivity index (χ0v) is 22.6. The van der Waals surface area contributed by atoms with Crippen LogP contribution >= 0.6 is 23.2 Å². The van der Waals surface area contributed by atoms with Crippen LogP contribution in [0.2, 0.25) is 10.0 Å². The molecule has 2 aromatic rings. The summed E-state index contributed by atoms with van der Waals surface area (Å²) in [5, 5.41) is 22.2. The van der Waals surface area contributed by atoms with Crippen LogP contribution in [0.1, 0.15) is 49.8 Å². The molecule has 1 aliphatic carbocycles. The molecular weight excluding hydrogens is 491 g/mol. The number of nitriles is 1. The molecule has 1 N–H and O–H groups in total. The van der Waals surface area contributed by atoms with E-state index in [-0.39, 0.29) is 6.04 Å². The minimum Gasteiger partial charge on any atom is -0.389 e. The Balaban J connectivity index is 1.30. The van der Waals surface area contributed by atoms with Crippen LogP contribution in [0.4, 0.5) is 5.69 Å². The van der Waals surface area contributed by atoms with E-state index in [1.54, 1.807) is 6.07 Å². The summed E-state index contributed by atoms with van der Waals surface area (Å²) in [6.07, 6.45) is 4.93. The van der Waals surface area contributed by atoms with Gasteiger partial charge in [-0.05, 0) is 93.4 Å².